The van der Waals surface area contributed by atoms with Crippen molar-refractivity contribution in [1.29, 1.82) is 0 Å². The van der Waals surface area contributed by atoms with Gasteiger partial charge in [-0.2, -0.15) is 4.72 Å². The summed E-state index contributed by atoms with van der Waals surface area (Å²) in [5, 5.41) is 2.75. The van der Waals surface area contributed by atoms with Crippen molar-refractivity contribution in [1.82, 2.24) is 10.0 Å². The highest BCUT2D eigenvalue weighted by atomic mass is 32.2. The number of carbonyl (C=O) groups excluding carboxylic acids is 2. The van der Waals surface area contributed by atoms with Crippen LogP contribution in [-0.4, -0.2) is 45.3 Å². The Morgan fingerprint density at radius 1 is 1.26 bits per heavy atom. The average molecular weight is 398 g/mol. The SMILES string of the molecule is CC(=O)O[C@@H]1OCC[C@@H]1NC(=O)[C@H](CC(C)C)NS(=O)(=O)c1ccccc1. The number of benzene rings is 1. The number of amides is 1. The summed E-state index contributed by atoms with van der Waals surface area (Å²) in [5.41, 5.74) is 0. The fourth-order valence-electron chi connectivity index (χ4n) is 2.80. The van der Waals surface area contributed by atoms with Crippen LogP contribution in [0.4, 0.5) is 0 Å². The van der Waals surface area contributed by atoms with E-state index in [1.54, 1.807) is 18.2 Å². The Morgan fingerprint density at radius 2 is 1.93 bits per heavy atom. The molecule has 1 aromatic carbocycles. The first-order chi connectivity index (χ1) is 12.7. The number of sulfonamides is 1. The van der Waals surface area contributed by atoms with Crippen molar-refractivity contribution >= 4 is 21.9 Å². The summed E-state index contributed by atoms with van der Waals surface area (Å²) in [5.74, 6) is -0.899. The molecule has 1 fully saturated rings. The number of carbonyl (C=O) groups is 2. The molecule has 0 saturated carbocycles. The lowest BCUT2D eigenvalue weighted by Crippen LogP contribution is -2.52. The van der Waals surface area contributed by atoms with Crippen LogP contribution in [0.15, 0.2) is 35.2 Å². The highest BCUT2D eigenvalue weighted by molar-refractivity contribution is 7.89. The molecule has 3 atom stereocenters. The van der Waals surface area contributed by atoms with E-state index in [0.29, 0.717) is 19.4 Å². The maximum absolute atomic E-state index is 12.7. The van der Waals surface area contributed by atoms with Crippen molar-refractivity contribution in [3.05, 3.63) is 30.3 Å². The smallest absolute Gasteiger partial charge is 0.305 e. The molecule has 2 rings (SSSR count). The van der Waals surface area contributed by atoms with E-state index in [4.69, 9.17) is 9.47 Å². The summed E-state index contributed by atoms with van der Waals surface area (Å²) >= 11 is 0. The molecule has 0 aliphatic carbocycles. The van der Waals surface area contributed by atoms with Gasteiger partial charge in [-0.05, 0) is 30.9 Å². The normalized spacial score (nSPS) is 21.0. The lowest BCUT2D eigenvalue weighted by Gasteiger charge is -2.24. The Labute approximate surface area is 159 Å². The van der Waals surface area contributed by atoms with Crippen LogP contribution < -0.4 is 10.0 Å². The third-order valence-corrected chi connectivity index (χ3v) is 5.51. The quantitative estimate of drug-likeness (QED) is 0.636. The standard InChI is InChI=1S/C18H26N2O6S/c1-12(2)11-16(20-27(23,24)14-7-5-4-6-8-14)17(22)19-15-9-10-25-18(15)26-13(3)21/h4-8,12,15-16,18,20H,9-11H2,1-3H3,(H,19,22)/t15-,16-,18-/m0/s1. The predicted octanol–water partition coefficient (Wildman–Crippen LogP) is 1.17. The van der Waals surface area contributed by atoms with E-state index in [0.717, 1.165) is 0 Å². The van der Waals surface area contributed by atoms with E-state index in [2.05, 4.69) is 10.0 Å². The van der Waals surface area contributed by atoms with E-state index in [9.17, 15) is 18.0 Å². The fraction of sp³-hybridized carbons (Fsp3) is 0.556. The van der Waals surface area contributed by atoms with E-state index in [1.807, 2.05) is 13.8 Å². The summed E-state index contributed by atoms with van der Waals surface area (Å²) in [4.78, 5) is 24.0. The molecule has 1 aliphatic rings. The zero-order chi connectivity index (χ0) is 20.0. The van der Waals surface area contributed by atoms with Gasteiger partial charge >= 0.3 is 5.97 Å². The van der Waals surface area contributed by atoms with E-state index < -0.39 is 40.3 Å². The second-order valence-corrected chi connectivity index (χ2v) is 8.58. The van der Waals surface area contributed by atoms with Crippen molar-refractivity contribution in [2.24, 2.45) is 5.92 Å². The third kappa shape index (κ3) is 6.30. The first-order valence-corrected chi connectivity index (χ1v) is 10.3. The highest BCUT2D eigenvalue weighted by Crippen LogP contribution is 2.17. The number of hydrogen-bond acceptors (Lipinski definition) is 6. The van der Waals surface area contributed by atoms with Crippen LogP contribution in [0.2, 0.25) is 0 Å². The van der Waals surface area contributed by atoms with Crippen LogP contribution in [0.1, 0.15) is 33.6 Å². The third-order valence-electron chi connectivity index (χ3n) is 4.02. The lowest BCUT2D eigenvalue weighted by molar-refractivity contribution is -0.170. The molecule has 8 nitrogen and oxygen atoms in total. The van der Waals surface area contributed by atoms with Crippen molar-refractivity contribution in [3.8, 4) is 0 Å². The van der Waals surface area contributed by atoms with Crippen LogP contribution in [0.5, 0.6) is 0 Å². The zero-order valence-corrected chi connectivity index (χ0v) is 16.5. The van der Waals surface area contributed by atoms with Gasteiger partial charge in [0, 0.05) is 6.92 Å². The second kappa shape index (κ2) is 9.29. The predicted molar refractivity (Wildman–Crippen MR) is 98.1 cm³/mol. The first-order valence-electron chi connectivity index (χ1n) is 8.85. The number of ether oxygens (including phenoxy) is 2. The number of nitrogens with one attached hydrogen (secondary N) is 2. The molecule has 27 heavy (non-hydrogen) atoms. The van der Waals surface area contributed by atoms with Crippen LogP contribution in [0.25, 0.3) is 0 Å². The topological polar surface area (TPSA) is 111 Å². The average Bonchev–Trinajstić information content (AvgIpc) is 3.00. The molecule has 0 bridgehead atoms. The van der Waals surface area contributed by atoms with Crippen LogP contribution in [0, 0.1) is 5.92 Å². The van der Waals surface area contributed by atoms with Gasteiger partial charge in [0.25, 0.3) is 0 Å². The number of hydrogen-bond donors (Lipinski definition) is 2. The molecule has 1 saturated heterocycles. The maximum atomic E-state index is 12.7. The molecule has 0 spiro atoms. The number of rotatable bonds is 8. The Bertz CT molecular complexity index is 750. The van der Waals surface area contributed by atoms with Gasteiger partial charge in [0.2, 0.25) is 22.2 Å². The molecule has 1 heterocycles. The largest absolute Gasteiger partial charge is 0.434 e. The van der Waals surface area contributed by atoms with Gasteiger partial charge in [-0.15, -0.1) is 0 Å². The van der Waals surface area contributed by atoms with E-state index in [-0.39, 0.29) is 10.8 Å². The molecule has 150 valence electrons. The summed E-state index contributed by atoms with van der Waals surface area (Å²) in [6.07, 6.45) is -0.0652. The minimum absolute atomic E-state index is 0.0864. The second-order valence-electron chi connectivity index (χ2n) is 6.87. The minimum atomic E-state index is -3.84. The highest BCUT2D eigenvalue weighted by Gasteiger charge is 2.35. The van der Waals surface area contributed by atoms with Gasteiger partial charge in [0.1, 0.15) is 6.04 Å². The van der Waals surface area contributed by atoms with Gasteiger partial charge in [-0.25, -0.2) is 8.42 Å². The molecule has 1 amide bonds. The fourth-order valence-corrected chi connectivity index (χ4v) is 4.03. The lowest BCUT2D eigenvalue weighted by atomic mass is 10.0. The monoisotopic (exact) mass is 398 g/mol. The van der Waals surface area contributed by atoms with Crippen LogP contribution in [0.3, 0.4) is 0 Å². The Morgan fingerprint density at radius 3 is 2.52 bits per heavy atom. The molecule has 0 radical (unpaired) electrons. The first kappa shape index (κ1) is 21.3. The van der Waals surface area contributed by atoms with Crippen molar-refractivity contribution in [3.63, 3.8) is 0 Å². The van der Waals surface area contributed by atoms with Gasteiger partial charge in [-0.3, -0.25) is 9.59 Å². The van der Waals surface area contributed by atoms with Crippen LogP contribution in [-0.2, 0) is 29.1 Å². The van der Waals surface area contributed by atoms with Crippen LogP contribution >= 0.6 is 0 Å². The molecular formula is C18H26N2O6S. The van der Waals surface area contributed by atoms with Gasteiger partial charge in [-0.1, -0.05) is 32.0 Å². The van der Waals surface area contributed by atoms with E-state index >= 15 is 0 Å². The van der Waals surface area contributed by atoms with Crippen molar-refractivity contribution in [2.45, 2.75) is 56.9 Å². The minimum Gasteiger partial charge on any atom is -0.434 e. The molecule has 0 unspecified atom stereocenters. The molecule has 1 aliphatic heterocycles. The summed E-state index contributed by atoms with van der Waals surface area (Å²) < 4.78 is 38.0. The molecular weight excluding hydrogens is 372 g/mol. The van der Waals surface area contributed by atoms with Gasteiger partial charge in [0.05, 0.1) is 17.5 Å². The van der Waals surface area contributed by atoms with Crippen molar-refractivity contribution < 1.29 is 27.5 Å². The van der Waals surface area contributed by atoms with Crippen molar-refractivity contribution in [2.75, 3.05) is 6.61 Å². The zero-order valence-electron chi connectivity index (χ0n) is 15.7. The summed E-state index contributed by atoms with van der Waals surface area (Å²) in [6, 6.07) is 6.41. The van der Waals surface area contributed by atoms with Gasteiger partial charge < -0.3 is 14.8 Å². The maximum Gasteiger partial charge on any atom is 0.305 e. The number of esters is 1. The molecule has 0 aromatic heterocycles. The molecule has 2 N–H and O–H groups in total. The Hall–Kier alpha value is -1.97. The summed E-state index contributed by atoms with van der Waals surface area (Å²) in [7, 11) is -3.84. The van der Waals surface area contributed by atoms with E-state index in [1.165, 1.54) is 19.1 Å². The Kier molecular flexibility index (Phi) is 7.34. The molecule has 1 aromatic rings. The summed E-state index contributed by atoms with van der Waals surface area (Å²) in [6.45, 7) is 5.40. The Balaban J connectivity index is 2.11. The molecule has 9 heteroatoms. The van der Waals surface area contributed by atoms with Gasteiger partial charge in [0.15, 0.2) is 0 Å².